The fraction of sp³-hybridized carbons (Fsp3) is 0.300. The molecule has 130 valence electrons. The minimum Gasteiger partial charge on any atom is -0.338 e. The predicted molar refractivity (Wildman–Crippen MR) is 94.0 cm³/mol. The van der Waals surface area contributed by atoms with Crippen LogP contribution in [0.1, 0.15) is 39.6 Å². The summed E-state index contributed by atoms with van der Waals surface area (Å²) in [7, 11) is 0. The molecule has 0 spiro atoms. The van der Waals surface area contributed by atoms with Gasteiger partial charge in [0.25, 0.3) is 5.91 Å². The van der Waals surface area contributed by atoms with Crippen LogP contribution in [0.4, 0.5) is 4.39 Å². The van der Waals surface area contributed by atoms with Gasteiger partial charge in [0.2, 0.25) is 0 Å². The Labute approximate surface area is 146 Å². The van der Waals surface area contributed by atoms with Crippen molar-refractivity contribution in [3.8, 4) is 0 Å². The van der Waals surface area contributed by atoms with Gasteiger partial charge in [0.05, 0.1) is 5.56 Å². The standard InChI is InChI=1S/C20H21FN2O2/c1-20(12-22)10-11-23(13-20)19(25)17-5-3-2-4-16(17)18(24)14-6-8-15(21)9-7-14/h2-9H,10-13,22H2,1H3. The summed E-state index contributed by atoms with van der Waals surface area (Å²) < 4.78 is 13.1. The highest BCUT2D eigenvalue weighted by atomic mass is 19.1. The number of hydrogen-bond donors (Lipinski definition) is 1. The number of nitrogens with two attached hydrogens (primary N) is 1. The molecule has 0 aliphatic carbocycles. The predicted octanol–water partition coefficient (Wildman–Crippen LogP) is 2.87. The number of amides is 1. The van der Waals surface area contributed by atoms with Crippen molar-refractivity contribution in [2.75, 3.05) is 19.6 Å². The monoisotopic (exact) mass is 340 g/mol. The van der Waals surface area contributed by atoms with Gasteiger partial charge in [-0.2, -0.15) is 0 Å². The number of nitrogens with zero attached hydrogens (tertiary/aromatic N) is 1. The lowest BCUT2D eigenvalue weighted by Crippen LogP contribution is -2.35. The zero-order chi connectivity index (χ0) is 18.0. The number of halogens is 1. The van der Waals surface area contributed by atoms with E-state index >= 15 is 0 Å². The van der Waals surface area contributed by atoms with E-state index in [9.17, 15) is 14.0 Å². The van der Waals surface area contributed by atoms with Gasteiger partial charge in [-0.05, 0) is 48.7 Å². The van der Waals surface area contributed by atoms with Crippen molar-refractivity contribution in [1.82, 2.24) is 4.90 Å². The van der Waals surface area contributed by atoms with Gasteiger partial charge in [0.1, 0.15) is 5.82 Å². The van der Waals surface area contributed by atoms with E-state index in [0.29, 0.717) is 36.3 Å². The molecule has 1 unspecified atom stereocenters. The molecule has 0 aromatic heterocycles. The molecule has 3 rings (SSSR count). The lowest BCUT2D eigenvalue weighted by Gasteiger charge is -2.23. The summed E-state index contributed by atoms with van der Waals surface area (Å²) in [6, 6.07) is 12.1. The van der Waals surface area contributed by atoms with E-state index in [1.807, 2.05) is 0 Å². The molecule has 1 fully saturated rings. The maximum Gasteiger partial charge on any atom is 0.254 e. The maximum absolute atomic E-state index is 13.1. The average molecular weight is 340 g/mol. The van der Waals surface area contributed by atoms with E-state index in [2.05, 4.69) is 6.92 Å². The van der Waals surface area contributed by atoms with Crippen molar-refractivity contribution in [2.45, 2.75) is 13.3 Å². The van der Waals surface area contributed by atoms with E-state index < -0.39 is 5.82 Å². The number of rotatable bonds is 4. The molecule has 1 atom stereocenters. The van der Waals surface area contributed by atoms with Crippen LogP contribution in [0.15, 0.2) is 48.5 Å². The minimum atomic E-state index is -0.404. The number of ketones is 1. The number of hydrogen-bond acceptors (Lipinski definition) is 3. The fourth-order valence-electron chi connectivity index (χ4n) is 3.16. The lowest BCUT2D eigenvalue weighted by atomic mass is 9.90. The zero-order valence-electron chi connectivity index (χ0n) is 14.2. The number of carbonyl (C=O) groups is 2. The molecule has 0 saturated carbocycles. The molecule has 5 heteroatoms. The molecule has 25 heavy (non-hydrogen) atoms. The quantitative estimate of drug-likeness (QED) is 0.871. The summed E-state index contributed by atoms with van der Waals surface area (Å²) in [6.07, 6.45) is 0.851. The summed E-state index contributed by atoms with van der Waals surface area (Å²) >= 11 is 0. The molecule has 1 saturated heterocycles. The molecule has 4 nitrogen and oxygen atoms in total. The van der Waals surface area contributed by atoms with Crippen molar-refractivity contribution in [2.24, 2.45) is 11.1 Å². The Bertz CT molecular complexity index is 804. The van der Waals surface area contributed by atoms with Crippen LogP contribution in [0.5, 0.6) is 0 Å². The van der Waals surface area contributed by atoms with Gasteiger partial charge in [-0.1, -0.05) is 25.1 Å². The van der Waals surface area contributed by atoms with Gasteiger partial charge < -0.3 is 10.6 Å². The van der Waals surface area contributed by atoms with Crippen molar-refractivity contribution >= 4 is 11.7 Å². The summed E-state index contributed by atoms with van der Waals surface area (Å²) in [4.78, 5) is 27.5. The molecule has 1 aliphatic rings. The first-order chi connectivity index (χ1) is 11.9. The second-order valence-corrected chi connectivity index (χ2v) is 6.87. The Morgan fingerprint density at radius 2 is 1.76 bits per heavy atom. The van der Waals surface area contributed by atoms with Crippen LogP contribution in [-0.4, -0.2) is 36.2 Å². The third-order valence-corrected chi connectivity index (χ3v) is 4.85. The molecule has 2 N–H and O–H groups in total. The highest BCUT2D eigenvalue weighted by Crippen LogP contribution is 2.30. The first-order valence-corrected chi connectivity index (χ1v) is 8.32. The second kappa shape index (κ2) is 6.76. The second-order valence-electron chi connectivity index (χ2n) is 6.87. The van der Waals surface area contributed by atoms with Crippen LogP contribution < -0.4 is 5.73 Å². The lowest BCUT2D eigenvalue weighted by molar-refractivity contribution is 0.0772. The Kier molecular flexibility index (Phi) is 4.68. The van der Waals surface area contributed by atoms with Crippen molar-refractivity contribution in [1.29, 1.82) is 0 Å². The molecule has 1 heterocycles. The average Bonchev–Trinajstić information content (AvgIpc) is 3.04. The third-order valence-electron chi connectivity index (χ3n) is 4.85. The Hall–Kier alpha value is -2.53. The molecule has 2 aromatic carbocycles. The Morgan fingerprint density at radius 3 is 2.36 bits per heavy atom. The van der Waals surface area contributed by atoms with Gasteiger partial charge in [-0.25, -0.2) is 4.39 Å². The Balaban J connectivity index is 1.90. The normalized spacial score (nSPS) is 19.9. The zero-order valence-corrected chi connectivity index (χ0v) is 14.2. The molecule has 1 aliphatic heterocycles. The third kappa shape index (κ3) is 3.46. The summed E-state index contributed by atoms with van der Waals surface area (Å²) in [5, 5.41) is 0. The smallest absolute Gasteiger partial charge is 0.254 e. The van der Waals surface area contributed by atoms with Gasteiger partial charge in [-0.3, -0.25) is 9.59 Å². The van der Waals surface area contributed by atoms with E-state index in [1.54, 1.807) is 29.2 Å². The van der Waals surface area contributed by atoms with Gasteiger partial charge in [-0.15, -0.1) is 0 Å². The topological polar surface area (TPSA) is 63.4 Å². The maximum atomic E-state index is 13.1. The van der Waals surface area contributed by atoms with Crippen LogP contribution in [-0.2, 0) is 0 Å². The van der Waals surface area contributed by atoms with Crippen LogP contribution in [0.25, 0.3) is 0 Å². The highest BCUT2D eigenvalue weighted by molar-refractivity contribution is 6.15. The number of likely N-dealkylation sites (tertiary alicyclic amines) is 1. The Morgan fingerprint density at radius 1 is 1.12 bits per heavy atom. The van der Waals surface area contributed by atoms with Crippen LogP contribution >= 0.6 is 0 Å². The van der Waals surface area contributed by atoms with E-state index in [0.717, 1.165) is 6.42 Å². The van der Waals surface area contributed by atoms with Crippen molar-refractivity contribution < 1.29 is 14.0 Å². The van der Waals surface area contributed by atoms with Crippen LogP contribution in [0.2, 0.25) is 0 Å². The first kappa shape index (κ1) is 17.3. The molecular formula is C20H21FN2O2. The fourth-order valence-corrected chi connectivity index (χ4v) is 3.16. The van der Waals surface area contributed by atoms with Crippen LogP contribution in [0, 0.1) is 11.2 Å². The van der Waals surface area contributed by atoms with Gasteiger partial charge in [0.15, 0.2) is 5.78 Å². The molecular weight excluding hydrogens is 319 g/mol. The molecule has 2 aromatic rings. The van der Waals surface area contributed by atoms with Crippen LogP contribution in [0.3, 0.4) is 0 Å². The van der Waals surface area contributed by atoms with Gasteiger partial charge >= 0.3 is 0 Å². The van der Waals surface area contributed by atoms with E-state index in [1.165, 1.54) is 24.3 Å². The van der Waals surface area contributed by atoms with E-state index in [4.69, 9.17) is 5.73 Å². The number of carbonyl (C=O) groups excluding carboxylic acids is 2. The SMILES string of the molecule is CC1(CN)CCN(C(=O)c2ccccc2C(=O)c2ccc(F)cc2)C1. The summed E-state index contributed by atoms with van der Waals surface area (Å²) in [5.41, 5.74) is 6.80. The minimum absolute atomic E-state index is 0.0778. The summed E-state index contributed by atoms with van der Waals surface area (Å²) in [5.74, 6) is -0.855. The largest absolute Gasteiger partial charge is 0.338 e. The molecule has 0 bridgehead atoms. The van der Waals surface area contributed by atoms with E-state index in [-0.39, 0.29) is 17.1 Å². The number of benzene rings is 2. The first-order valence-electron chi connectivity index (χ1n) is 8.32. The molecule has 1 amide bonds. The summed E-state index contributed by atoms with van der Waals surface area (Å²) in [6.45, 7) is 3.80. The van der Waals surface area contributed by atoms with Crippen molar-refractivity contribution in [3.63, 3.8) is 0 Å². The highest BCUT2D eigenvalue weighted by Gasteiger charge is 2.36. The van der Waals surface area contributed by atoms with Gasteiger partial charge in [0, 0.05) is 24.2 Å². The van der Waals surface area contributed by atoms with Crippen molar-refractivity contribution in [3.05, 3.63) is 71.0 Å². The molecule has 0 radical (unpaired) electrons.